The average Bonchev–Trinajstić information content (AvgIpc) is 2.08. The zero-order valence-corrected chi connectivity index (χ0v) is 9.30. The van der Waals surface area contributed by atoms with E-state index in [9.17, 15) is 4.79 Å². The van der Waals surface area contributed by atoms with Crippen molar-refractivity contribution < 1.29 is 4.42 Å². The molecule has 0 aliphatic carbocycles. The second kappa shape index (κ2) is 3.31. The van der Waals surface area contributed by atoms with Crippen LogP contribution in [0.1, 0.15) is 0 Å². The van der Waals surface area contributed by atoms with Gasteiger partial charge in [0.15, 0.2) is 0 Å². The van der Waals surface area contributed by atoms with Crippen molar-refractivity contribution in [2.75, 3.05) is 0 Å². The minimum Gasteiger partial charge on any atom is -0.422 e. The van der Waals surface area contributed by atoms with Gasteiger partial charge in [-0.05, 0) is 46.9 Å². The van der Waals surface area contributed by atoms with Gasteiger partial charge >= 0.3 is 5.63 Å². The van der Waals surface area contributed by atoms with E-state index in [-0.39, 0.29) is 5.63 Å². The molecule has 0 atom stereocenters. The first-order valence-electron chi connectivity index (χ1n) is 3.56. The Labute approximate surface area is 92.6 Å². The Kier molecular flexibility index (Phi) is 2.29. The monoisotopic (exact) mass is 306 g/mol. The third-order valence-electron chi connectivity index (χ3n) is 1.65. The summed E-state index contributed by atoms with van der Waals surface area (Å²) in [5.41, 5.74) is 0.255. The van der Waals surface area contributed by atoms with E-state index in [2.05, 4.69) is 0 Å². The largest absolute Gasteiger partial charge is 0.422 e. The van der Waals surface area contributed by atoms with Gasteiger partial charge < -0.3 is 4.42 Å². The minimum absolute atomic E-state index is 0.310. The molecule has 2 nitrogen and oxygen atoms in total. The summed E-state index contributed by atoms with van der Waals surface area (Å²) in [6.07, 6.45) is 0. The molecule has 0 saturated carbocycles. The SMILES string of the molecule is O=c1oc2ccc(Cl)cc2cc1I. The molecule has 0 spiro atoms. The first-order chi connectivity index (χ1) is 6.16. The Morgan fingerprint density at radius 1 is 1.31 bits per heavy atom. The van der Waals surface area contributed by atoms with E-state index in [1.165, 1.54) is 0 Å². The zero-order chi connectivity index (χ0) is 9.42. The molecule has 0 aliphatic rings. The van der Waals surface area contributed by atoms with Crippen LogP contribution in [0.3, 0.4) is 0 Å². The highest BCUT2D eigenvalue weighted by molar-refractivity contribution is 14.1. The maximum atomic E-state index is 11.1. The lowest BCUT2D eigenvalue weighted by molar-refractivity contribution is 0.556. The van der Waals surface area contributed by atoms with Crippen molar-refractivity contribution in [1.82, 2.24) is 0 Å². The predicted octanol–water partition coefficient (Wildman–Crippen LogP) is 3.05. The molecule has 0 saturated heterocycles. The van der Waals surface area contributed by atoms with Crippen LogP contribution in [0.25, 0.3) is 11.0 Å². The van der Waals surface area contributed by atoms with Crippen LogP contribution in [0.15, 0.2) is 33.5 Å². The van der Waals surface area contributed by atoms with Crippen LogP contribution >= 0.6 is 34.2 Å². The van der Waals surface area contributed by atoms with Crippen LogP contribution in [0.2, 0.25) is 5.02 Å². The molecule has 0 N–H and O–H groups in total. The van der Waals surface area contributed by atoms with Crippen molar-refractivity contribution in [3.05, 3.63) is 43.3 Å². The van der Waals surface area contributed by atoms with Crippen molar-refractivity contribution in [2.24, 2.45) is 0 Å². The lowest BCUT2D eigenvalue weighted by Gasteiger charge is -1.96. The summed E-state index contributed by atoms with van der Waals surface area (Å²) in [5.74, 6) is 0. The topological polar surface area (TPSA) is 30.2 Å². The number of benzene rings is 1. The summed E-state index contributed by atoms with van der Waals surface area (Å²) in [5, 5.41) is 1.48. The van der Waals surface area contributed by atoms with Crippen LogP contribution in [0.4, 0.5) is 0 Å². The lowest BCUT2D eigenvalue weighted by atomic mass is 10.2. The Bertz CT molecular complexity index is 518. The van der Waals surface area contributed by atoms with E-state index >= 15 is 0 Å². The van der Waals surface area contributed by atoms with E-state index in [0.29, 0.717) is 14.2 Å². The maximum absolute atomic E-state index is 11.1. The molecule has 66 valence electrons. The molecular formula is C9H4ClIO2. The smallest absolute Gasteiger partial charge is 0.349 e. The van der Waals surface area contributed by atoms with Gasteiger partial charge in [-0.15, -0.1) is 0 Å². The predicted molar refractivity (Wildman–Crippen MR) is 60.2 cm³/mol. The summed E-state index contributed by atoms with van der Waals surface area (Å²) in [7, 11) is 0. The van der Waals surface area contributed by atoms with Gasteiger partial charge in [-0.3, -0.25) is 0 Å². The third kappa shape index (κ3) is 1.71. The number of halogens is 2. The number of fused-ring (bicyclic) bond motifs is 1. The van der Waals surface area contributed by atoms with Gasteiger partial charge in [0.2, 0.25) is 0 Å². The summed E-state index contributed by atoms with van der Waals surface area (Å²) in [6.45, 7) is 0. The molecule has 4 heteroatoms. The normalized spacial score (nSPS) is 10.6. The maximum Gasteiger partial charge on any atom is 0.349 e. The Morgan fingerprint density at radius 2 is 2.08 bits per heavy atom. The quantitative estimate of drug-likeness (QED) is 0.553. The van der Waals surface area contributed by atoms with Gasteiger partial charge in [-0.2, -0.15) is 0 Å². The van der Waals surface area contributed by atoms with E-state index in [1.54, 1.807) is 24.3 Å². The number of hydrogen-bond acceptors (Lipinski definition) is 2. The minimum atomic E-state index is -0.310. The highest BCUT2D eigenvalue weighted by Crippen LogP contribution is 2.19. The van der Waals surface area contributed by atoms with E-state index in [4.69, 9.17) is 16.0 Å². The number of hydrogen-bond donors (Lipinski definition) is 0. The molecule has 0 fully saturated rings. The fourth-order valence-corrected chi connectivity index (χ4v) is 1.70. The lowest BCUT2D eigenvalue weighted by Crippen LogP contribution is -2.01. The molecule has 0 bridgehead atoms. The third-order valence-corrected chi connectivity index (χ3v) is 2.64. The molecule has 0 aliphatic heterocycles. The molecule has 1 aromatic heterocycles. The number of rotatable bonds is 0. The van der Waals surface area contributed by atoms with E-state index < -0.39 is 0 Å². The molecule has 1 heterocycles. The Morgan fingerprint density at radius 3 is 2.85 bits per heavy atom. The average molecular weight is 306 g/mol. The van der Waals surface area contributed by atoms with Crippen LogP contribution in [-0.4, -0.2) is 0 Å². The molecular weight excluding hydrogens is 302 g/mol. The highest BCUT2D eigenvalue weighted by atomic mass is 127. The summed E-state index contributed by atoms with van der Waals surface area (Å²) >= 11 is 7.72. The summed E-state index contributed by atoms with van der Waals surface area (Å²) in [4.78, 5) is 11.1. The van der Waals surface area contributed by atoms with Gasteiger partial charge in [0.25, 0.3) is 0 Å². The van der Waals surface area contributed by atoms with Crippen LogP contribution in [-0.2, 0) is 0 Å². The molecule has 0 unspecified atom stereocenters. The highest BCUT2D eigenvalue weighted by Gasteiger charge is 2.01. The summed E-state index contributed by atoms with van der Waals surface area (Å²) in [6, 6.07) is 6.91. The standard InChI is InChI=1S/C9H4ClIO2/c10-6-1-2-8-5(3-6)4-7(11)9(12)13-8/h1-4H. The van der Waals surface area contributed by atoms with Crippen molar-refractivity contribution in [3.8, 4) is 0 Å². The van der Waals surface area contributed by atoms with Gasteiger partial charge in [-0.1, -0.05) is 11.6 Å². The fraction of sp³-hybridized carbons (Fsp3) is 0. The van der Waals surface area contributed by atoms with Gasteiger partial charge in [0, 0.05) is 10.4 Å². The van der Waals surface area contributed by atoms with Gasteiger partial charge in [-0.25, -0.2) is 4.79 Å². The molecule has 13 heavy (non-hydrogen) atoms. The van der Waals surface area contributed by atoms with Crippen LogP contribution in [0, 0.1) is 3.57 Å². The van der Waals surface area contributed by atoms with Gasteiger partial charge in [0.05, 0.1) is 3.57 Å². The van der Waals surface area contributed by atoms with E-state index in [0.717, 1.165) is 5.39 Å². The van der Waals surface area contributed by atoms with Crippen molar-refractivity contribution in [1.29, 1.82) is 0 Å². The molecule has 2 aromatic rings. The van der Waals surface area contributed by atoms with Crippen molar-refractivity contribution >= 4 is 45.2 Å². The fourth-order valence-electron chi connectivity index (χ4n) is 1.07. The molecule has 1 aromatic carbocycles. The summed E-state index contributed by atoms with van der Waals surface area (Å²) < 4.78 is 5.59. The molecule has 0 radical (unpaired) electrons. The van der Waals surface area contributed by atoms with Gasteiger partial charge in [0.1, 0.15) is 5.58 Å². The van der Waals surface area contributed by atoms with Crippen molar-refractivity contribution in [2.45, 2.75) is 0 Å². The van der Waals surface area contributed by atoms with E-state index in [1.807, 2.05) is 22.6 Å². The van der Waals surface area contributed by atoms with Crippen LogP contribution < -0.4 is 5.63 Å². The first-order valence-corrected chi connectivity index (χ1v) is 5.01. The van der Waals surface area contributed by atoms with Crippen molar-refractivity contribution in [3.63, 3.8) is 0 Å². The second-order valence-electron chi connectivity index (χ2n) is 2.56. The molecule has 2 rings (SSSR count). The van der Waals surface area contributed by atoms with Crippen LogP contribution in [0.5, 0.6) is 0 Å². The second-order valence-corrected chi connectivity index (χ2v) is 4.16. The molecule has 0 amide bonds. The Balaban J connectivity index is 2.89. The zero-order valence-electron chi connectivity index (χ0n) is 6.38. The Hall–Kier alpha value is -0.550. The first kappa shape index (κ1) is 9.02.